The molecule has 0 saturated carbocycles. The summed E-state index contributed by atoms with van der Waals surface area (Å²) < 4.78 is 0. The summed E-state index contributed by atoms with van der Waals surface area (Å²) in [6, 6.07) is 11.2. The Morgan fingerprint density at radius 1 is 1.00 bits per heavy atom. The molecule has 1 N–H and O–H groups in total. The van der Waals surface area contributed by atoms with Gasteiger partial charge in [-0.15, -0.1) is 0 Å². The number of hydrogen-bond acceptors (Lipinski definition) is 4. The lowest BCUT2D eigenvalue weighted by Gasteiger charge is -2.21. The maximum Gasteiger partial charge on any atom is 0.253 e. The van der Waals surface area contributed by atoms with Crippen LogP contribution in [0.5, 0.6) is 0 Å². The first kappa shape index (κ1) is 21.6. The summed E-state index contributed by atoms with van der Waals surface area (Å²) in [4.78, 5) is 29.7. The number of nitrogens with zero attached hydrogens (tertiary/aromatic N) is 4. The van der Waals surface area contributed by atoms with E-state index in [2.05, 4.69) is 15.4 Å². The third-order valence-electron chi connectivity index (χ3n) is 6.84. The van der Waals surface area contributed by atoms with Crippen LogP contribution in [0, 0.1) is 18.8 Å². The van der Waals surface area contributed by atoms with Crippen LogP contribution in [0.3, 0.4) is 0 Å². The number of H-pyrrole nitrogens is 1. The minimum Gasteiger partial charge on any atom is -0.339 e. The first-order valence-corrected chi connectivity index (χ1v) is 11.7. The molecule has 2 atom stereocenters. The summed E-state index contributed by atoms with van der Waals surface area (Å²) in [5.74, 6) is 0.885. The van der Waals surface area contributed by atoms with Crippen molar-refractivity contribution in [3.05, 3.63) is 64.2 Å². The van der Waals surface area contributed by atoms with Gasteiger partial charge in [0, 0.05) is 42.8 Å². The molecule has 0 aliphatic carbocycles. The first-order chi connectivity index (χ1) is 16.0. The zero-order valence-electron chi connectivity index (χ0n) is 18.5. The minimum atomic E-state index is 0.0143. The molecule has 0 bridgehead atoms. The fraction of sp³-hybridized carbons (Fsp3) is 0.360. The van der Waals surface area contributed by atoms with Crippen molar-refractivity contribution in [1.82, 2.24) is 25.2 Å². The van der Waals surface area contributed by atoms with E-state index in [1.807, 2.05) is 47.1 Å². The summed E-state index contributed by atoms with van der Waals surface area (Å²) in [6.45, 7) is 4.87. The maximum absolute atomic E-state index is 13.1. The molecule has 2 unspecified atom stereocenters. The van der Waals surface area contributed by atoms with E-state index in [1.165, 1.54) is 0 Å². The number of nitrogens with one attached hydrogen (secondary N) is 1. The zero-order valence-corrected chi connectivity index (χ0v) is 19.3. The van der Waals surface area contributed by atoms with Crippen LogP contribution < -0.4 is 0 Å². The molecule has 2 fully saturated rings. The standard InChI is InChI=1S/C25H26ClN5O2/c1-16-2-3-17(21(26)12-16)5-7-24(32)30-10-8-19-14-31(15-20(19)9-11-30)25(33)18-4-6-22-23(13-18)28-29-27-22/h2-7,12-13,19-20H,8-11,14-15H2,1H3,(H,27,28,29)/b7-5+. The van der Waals surface area contributed by atoms with Crippen LogP contribution in [0.1, 0.15) is 34.3 Å². The predicted molar refractivity (Wildman–Crippen MR) is 128 cm³/mol. The van der Waals surface area contributed by atoms with Gasteiger partial charge in [0.25, 0.3) is 5.91 Å². The van der Waals surface area contributed by atoms with Gasteiger partial charge in [-0.2, -0.15) is 15.4 Å². The van der Waals surface area contributed by atoms with Crippen molar-refractivity contribution in [2.24, 2.45) is 11.8 Å². The van der Waals surface area contributed by atoms with Crippen molar-refractivity contribution in [3.8, 4) is 0 Å². The third-order valence-corrected chi connectivity index (χ3v) is 7.17. The van der Waals surface area contributed by atoms with Gasteiger partial charge in [0.15, 0.2) is 0 Å². The van der Waals surface area contributed by atoms with Gasteiger partial charge in [-0.3, -0.25) is 9.59 Å². The Balaban J connectivity index is 1.19. The molecule has 0 radical (unpaired) electrons. The summed E-state index contributed by atoms with van der Waals surface area (Å²) in [7, 11) is 0. The van der Waals surface area contributed by atoms with Crippen LogP contribution in [-0.4, -0.2) is 63.2 Å². The third kappa shape index (κ3) is 4.50. The van der Waals surface area contributed by atoms with Gasteiger partial charge in [0.2, 0.25) is 5.91 Å². The second kappa shape index (κ2) is 8.98. The molecule has 0 spiro atoms. The molecule has 170 valence electrons. The second-order valence-corrected chi connectivity index (χ2v) is 9.43. The molecule has 7 nitrogen and oxygen atoms in total. The number of amides is 2. The van der Waals surface area contributed by atoms with Crippen molar-refractivity contribution in [3.63, 3.8) is 0 Å². The highest BCUT2D eigenvalue weighted by atomic mass is 35.5. The predicted octanol–water partition coefficient (Wildman–Crippen LogP) is 3.94. The van der Waals surface area contributed by atoms with E-state index in [0.717, 1.165) is 42.6 Å². The summed E-state index contributed by atoms with van der Waals surface area (Å²) in [5.41, 5.74) is 4.03. The van der Waals surface area contributed by atoms with Gasteiger partial charge in [-0.25, -0.2) is 0 Å². The number of aryl methyl sites for hydroxylation is 1. The van der Waals surface area contributed by atoms with E-state index >= 15 is 0 Å². The van der Waals surface area contributed by atoms with E-state index in [-0.39, 0.29) is 11.8 Å². The Morgan fingerprint density at radius 2 is 1.73 bits per heavy atom. The Hall–Kier alpha value is -3.19. The molecule has 3 heterocycles. The molecule has 2 aliphatic rings. The van der Waals surface area contributed by atoms with Crippen LogP contribution in [0.25, 0.3) is 17.1 Å². The van der Waals surface area contributed by atoms with Gasteiger partial charge < -0.3 is 9.80 Å². The van der Waals surface area contributed by atoms with Crippen LogP contribution in [0.15, 0.2) is 42.5 Å². The quantitative estimate of drug-likeness (QED) is 0.596. The first-order valence-electron chi connectivity index (χ1n) is 11.3. The van der Waals surface area contributed by atoms with Crippen LogP contribution >= 0.6 is 11.6 Å². The van der Waals surface area contributed by atoms with E-state index < -0.39 is 0 Å². The molecular formula is C25H26ClN5O2. The Labute approximate surface area is 197 Å². The number of fused-ring (bicyclic) bond motifs is 2. The lowest BCUT2D eigenvalue weighted by molar-refractivity contribution is -0.126. The molecule has 33 heavy (non-hydrogen) atoms. The molecule has 5 rings (SSSR count). The highest BCUT2D eigenvalue weighted by molar-refractivity contribution is 6.32. The zero-order chi connectivity index (χ0) is 22.9. The van der Waals surface area contributed by atoms with Gasteiger partial charge in [0.1, 0.15) is 11.0 Å². The van der Waals surface area contributed by atoms with E-state index in [9.17, 15) is 9.59 Å². The molecule has 8 heteroatoms. The van der Waals surface area contributed by atoms with Crippen molar-refractivity contribution in [2.45, 2.75) is 19.8 Å². The average molecular weight is 464 g/mol. The summed E-state index contributed by atoms with van der Waals surface area (Å²) in [5, 5.41) is 11.4. The van der Waals surface area contributed by atoms with Crippen molar-refractivity contribution < 1.29 is 9.59 Å². The number of aromatic amines is 1. The van der Waals surface area contributed by atoms with Gasteiger partial charge >= 0.3 is 0 Å². The summed E-state index contributed by atoms with van der Waals surface area (Å²) >= 11 is 6.28. The fourth-order valence-electron chi connectivity index (χ4n) is 4.92. The summed E-state index contributed by atoms with van der Waals surface area (Å²) in [6.07, 6.45) is 5.22. The number of carbonyl (C=O) groups is 2. The molecule has 2 aliphatic heterocycles. The average Bonchev–Trinajstić information content (AvgIpc) is 3.39. The molecule has 1 aromatic heterocycles. The van der Waals surface area contributed by atoms with Crippen molar-refractivity contribution in [2.75, 3.05) is 26.2 Å². The van der Waals surface area contributed by atoms with Gasteiger partial charge in [0.05, 0.1) is 0 Å². The minimum absolute atomic E-state index is 0.0143. The molecule has 3 aromatic rings. The van der Waals surface area contributed by atoms with Gasteiger partial charge in [-0.05, 0) is 73.1 Å². The number of likely N-dealkylation sites (tertiary alicyclic amines) is 2. The topological polar surface area (TPSA) is 82.2 Å². The lowest BCUT2D eigenvalue weighted by atomic mass is 9.92. The monoisotopic (exact) mass is 463 g/mol. The number of aromatic nitrogens is 3. The molecular weight excluding hydrogens is 438 g/mol. The lowest BCUT2D eigenvalue weighted by Crippen LogP contribution is -2.33. The van der Waals surface area contributed by atoms with Gasteiger partial charge in [-0.1, -0.05) is 23.7 Å². The normalized spacial score (nSPS) is 20.9. The number of halogens is 1. The fourth-order valence-corrected chi connectivity index (χ4v) is 5.22. The highest BCUT2D eigenvalue weighted by Crippen LogP contribution is 2.33. The smallest absolute Gasteiger partial charge is 0.253 e. The van der Waals surface area contributed by atoms with Crippen LogP contribution in [-0.2, 0) is 4.79 Å². The van der Waals surface area contributed by atoms with Crippen LogP contribution in [0.4, 0.5) is 0 Å². The number of rotatable bonds is 3. The van der Waals surface area contributed by atoms with Crippen LogP contribution in [0.2, 0.25) is 5.02 Å². The Bertz CT molecular complexity index is 1220. The maximum atomic E-state index is 13.1. The SMILES string of the molecule is Cc1ccc(/C=C/C(=O)N2CCC3CN(C(=O)c4ccc5n[nH]nc5c4)CC3CC2)c(Cl)c1. The number of benzene rings is 2. The molecule has 2 amide bonds. The van der Waals surface area contributed by atoms with E-state index in [0.29, 0.717) is 41.0 Å². The Kier molecular flexibility index (Phi) is 5.89. The number of carbonyl (C=O) groups excluding carboxylic acids is 2. The van der Waals surface area contributed by atoms with Crippen molar-refractivity contribution in [1.29, 1.82) is 0 Å². The second-order valence-electron chi connectivity index (χ2n) is 9.02. The molecule has 2 aromatic carbocycles. The van der Waals surface area contributed by atoms with E-state index in [4.69, 9.17) is 11.6 Å². The number of hydrogen-bond donors (Lipinski definition) is 1. The molecule has 2 saturated heterocycles. The largest absolute Gasteiger partial charge is 0.339 e. The Morgan fingerprint density at radius 3 is 2.45 bits per heavy atom. The highest BCUT2D eigenvalue weighted by Gasteiger charge is 2.37. The van der Waals surface area contributed by atoms with E-state index in [1.54, 1.807) is 18.2 Å². The van der Waals surface area contributed by atoms with Crippen molar-refractivity contribution >= 4 is 40.5 Å².